The van der Waals surface area contributed by atoms with Crippen molar-refractivity contribution in [2.45, 2.75) is 33.4 Å². The minimum atomic E-state index is -0.855. The highest BCUT2D eigenvalue weighted by Gasteiger charge is 2.21. The van der Waals surface area contributed by atoms with Crippen LogP contribution in [0.15, 0.2) is 28.9 Å². The molecule has 0 aliphatic rings. The molecule has 1 atom stereocenters. The van der Waals surface area contributed by atoms with Gasteiger partial charge in [0.05, 0.1) is 18.4 Å². The summed E-state index contributed by atoms with van der Waals surface area (Å²) < 4.78 is 10.3. The van der Waals surface area contributed by atoms with Crippen LogP contribution in [0.25, 0.3) is 0 Å². The molecule has 0 aromatic carbocycles. The summed E-state index contributed by atoms with van der Waals surface area (Å²) in [4.78, 5) is 25.8. The average molecular weight is 307 g/mol. The van der Waals surface area contributed by atoms with Crippen LogP contribution in [0.4, 0.5) is 0 Å². The number of aryl methyl sites for hydroxylation is 2. The zero-order chi connectivity index (χ0) is 15.4. The number of nitrogens with one attached hydrogen (secondary N) is 1. The molecule has 1 amide bonds. The van der Waals surface area contributed by atoms with Crippen LogP contribution < -0.4 is 5.32 Å². The Hall–Kier alpha value is -2.08. The van der Waals surface area contributed by atoms with Gasteiger partial charge in [-0.1, -0.05) is 0 Å². The van der Waals surface area contributed by atoms with Gasteiger partial charge in [0.2, 0.25) is 0 Å². The van der Waals surface area contributed by atoms with E-state index in [0.717, 1.165) is 9.75 Å². The van der Waals surface area contributed by atoms with Crippen molar-refractivity contribution in [3.8, 4) is 0 Å². The Morgan fingerprint density at radius 1 is 1.43 bits per heavy atom. The third-order valence-corrected chi connectivity index (χ3v) is 3.90. The van der Waals surface area contributed by atoms with Gasteiger partial charge in [-0.05, 0) is 39.0 Å². The average Bonchev–Trinajstić information content (AvgIpc) is 3.05. The highest BCUT2D eigenvalue weighted by atomic mass is 32.1. The van der Waals surface area contributed by atoms with Gasteiger partial charge in [0.1, 0.15) is 5.76 Å². The molecule has 0 radical (unpaired) electrons. The van der Waals surface area contributed by atoms with Crippen LogP contribution in [-0.4, -0.2) is 18.0 Å². The van der Waals surface area contributed by atoms with Crippen LogP contribution in [0.5, 0.6) is 0 Å². The van der Waals surface area contributed by atoms with Gasteiger partial charge in [-0.3, -0.25) is 4.79 Å². The van der Waals surface area contributed by atoms with Crippen LogP contribution >= 0.6 is 11.3 Å². The Kier molecular flexibility index (Phi) is 4.80. The minimum absolute atomic E-state index is 0.268. The molecule has 21 heavy (non-hydrogen) atoms. The zero-order valence-electron chi connectivity index (χ0n) is 12.1. The summed E-state index contributed by atoms with van der Waals surface area (Å²) in [5.74, 6) is -0.187. The van der Waals surface area contributed by atoms with Crippen molar-refractivity contribution in [2.24, 2.45) is 0 Å². The molecule has 0 spiro atoms. The number of ether oxygens (including phenoxy) is 1. The summed E-state index contributed by atoms with van der Waals surface area (Å²) in [5.41, 5.74) is 0.517. The van der Waals surface area contributed by atoms with Gasteiger partial charge in [0.15, 0.2) is 6.10 Å². The largest absolute Gasteiger partial charge is 0.467 e. The molecule has 0 unspecified atom stereocenters. The number of furan rings is 1. The van der Waals surface area contributed by atoms with E-state index in [1.165, 1.54) is 17.6 Å². The second-order valence-electron chi connectivity index (χ2n) is 4.67. The number of esters is 1. The summed E-state index contributed by atoms with van der Waals surface area (Å²) in [5, 5.41) is 2.65. The predicted molar refractivity (Wildman–Crippen MR) is 79.2 cm³/mol. The first-order valence-electron chi connectivity index (χ1n) is 6.55. The van der Waals surface area contributed by atoms with E-state index in [4.69, 9.17) is 9.15 Å². The van der Waals surface area contributed by atoms with Gasteiger partial charge < -0.3 is 14.5 Å². The topological polar surface area (TPSA) is 68.5 Å². The lowest BCUT2D eigenvalue weighted by atomic mass is 10.2. The molecule has 2 aromatic rings. The molecule has 0 saturated carbocycles. The first-order valence-corrected chi connectivity index (χ1v) is 7.37. The van der Waals surface area contributed by atoms with Gasteiger partial charge in [-0.15, -0.1) is 11.3 Å². The Bertz CT molecular complexity index is 630. The van der Waals surface area contributed by atoms with Gasteiger partial charge in [-0.2, -0.15) is 0 Å². The van der Waals surface area contributed by atoms with Crippen molar-refractivity contribution < 1.29 is 18.7 Å². The maximum atomic E-state index is 12.0. The molecule has 0 aliphatic heterocycles. The first-order chi connectivity index (χ1) is 9.97. The molecule has 2 heterocycles. The van der Waals surface area contributed by atoms with Crippen LogP contribution in [0.3, 0.4) is 0 Å². The van der Waals surface area contributed by atoms with E-state index in [-0.39, 0.29) is 12.5 Å². The zero-order valence-corrected chi connectivity index (χ0v) is 13.0. The van der Waals surface area contributed by atoms with E-state index >= 15 is 0 Å². The number of hydrogen-bond donors (Lipinski definition) is 1. The van der Waals surface area contributed by atoms with Crippen LogP contribution in [0.2, 0.25) is 0 Å². The Balaban J connectivity index is 1.88. The molecule has 1 N–H and O–H groups in total. The summed E-state index contributed by atoms with van der Waals surface area (Å²) in [6, 6.07) is 5.27. The predicted octanol–water partition coefficient (Wildman–Crippen LogP) is 2.82. The van der Waals surface area contributed by atoms with Gasteiger partial charge in [-0.25, -0.2) is 4.79 Å². The molecular formula is C15H17NO4S. The van der Waals surface area contributed by atoms with E-state index in [0.29, 0.717) is 11.3 Å². The SMILES string of the molecule is Cc1cc(C(=O)O[C@@H](C)C(=O)NCc2ccco2)c(C)s1. The van der Waals surface area contributed by atoms with E-state index in [9.17, 15) is 9.59 Å². The first kappa shape index (κ1) is 15.3. The van der Waals surface area contributed by atoms with E-state index in [1.54, 1.807) is 25.1 Å². The fraction of sp³-hybridized carbons (Fsp3) is 0.333. The number of hydrogen-bond acceptors (Lipinski definition) is 5. The van der Waals surface area contributed by atoms with Crippen molar-refractivity contribution in [3.05, 3.63) is 45.5 Å². The Morgan fingerprint density at radius 3 is 2.76 bits per heavy atom. The van der Waals surface area contributed by atoms with E-state index in [2.05, 4.69) is 5.32 Å². The van der Waals surface area contributed by atoms with Crippen LogP contribution in [-0.2, 0) is 16.1 Å². The fourth-order valence-electron chi connectivity index (χ4n) is 1.84. The highest BCUT2D eigenvalue weighted by molar-refractivity contribution is 7.12. The summed E-state index contributed by atoms with van der Waals surface area (Å²) in [6.07, 6.45) is 0.680. The maximum Gasteiger partial charge on any atom is 0.340 e. The molecule has 2 rings (SSSR count). The molecule has 6 heteroatoms. The van der Waals surface area contributed by atoms with E-state index < -0.39 is 12.1 Å². The smallest absolute Gasteiger partial charge is 0.340 e. The van der Waals surface area contributed by atoms with Gasteiger partial charge >= 0.3 is 5.97 Å². The van der Waals surface area contributed by atoms with Gasteiger partial charge in [0.25, 0.3) is 5.91 Å². The second kappa shape index (κ2) is 6.58. The molecular weight excluding hydrogens is 290 g/mol. The lowest BCUT2D eigenvalue weighted by Gasteiger charge is -2.12. The number of carbonyl (C=O) groups excluding carboxylic acids is 2. The highest BCUT2D eigenvalue weighted by Crippen LogP contribution is 2.21. The number of thiophene rings is 1. The quantitative estimate of drug-likeness (QED) is 0.862. The molecule has 0 bridgehead atoms. The van der Waals surface area contributed by atoms with Crippen molar-refractivity contribution in [2.75, 3.05) is 0 Å². The number of rotatable bonds is 5. The standard InChI is InChI=1S/C15H17NO4S/c1-9-7-13(11(3)21-9)15(18)20-10(2)14(17)16-8-12-5-4-6-19-12/h4-7,10H,8H2,1-3H3,(H,16,17)/t10-/m0/s1. The summed E-state index contributed by atoms with van der Waals surface area (Å²) >= 11 is 1.53. The molecule has 0 fully saturated rings. The van der Waals surface area contributed by atoms with Gasteiger partial charge in [0, 0.05) is 9.75 Å². The lowest BCUT2D eigenvalue weighted by molar-refractivity contribution is -0.129. The molecule has 2 aromatic heterocycles. The fourth-order valence-corrected chi connectivity index (χ4v) is 2.75. The molecule has 0 aliphatic carbocycles. The van der Waals surface area contributed by atoms with Crippen molar-refractivity contribution in [3.63, 3.8) is 0 Å². The van der Waals surface area contributed by atoms with Crippen molar-refractivity contribution >= 4 is 23.2 Å². The minimum Gasteiger partial charge on any atom is -0.467 e. The summed E-state index contributed by atoms with van der Waals surface area (Å²) in [6.45, 7) is 5.60. The Labute approximate surface area is 126 Å². The summed E-state index contributed by atoms with van der Waals surface area (Å²) in [7, 11) is 0. The van der Waals surface area contributed by atoms with Crippen LogP contribution in [0.1, 0.15) is 32.8 Å². The van der Waals surface area contributed by atoms with E-state index in [1.807, 2.05) is 13.8 Å². The third-order valence-electron chi connectivity index (χ3n) is 2.93. The third kappa shape index (κ3) is 3.95. The van der Waals surface area contributed by atoms with Crippen molar-refractivity contribution in [1.82, 2.24) is 5.32 Å². The second-order valence-corrected chi connectivity index (χ2v) is 6.13. The number of carbonyl (C=O) groups is 2. The monoisotopic (exact) mass is 307 g/mol. The number of amides is 1. The normalized spacial score (nSPS) is 12.0. The molecule has 112 valence electrons. The lowest BCUT2D eigenvalue weighted by Crippen LogP contribution is -2.35. The Morgan fingerprint density at radius 2 is 2.19 bits per heavy atom. The molecule has 5 nitrogen and oxygen atoms in total. The van der Waals surface area contributed by atoms with Crippen LogP contribution in [0, 0.1) is 13.8 Å². The molecule has 0 saturated heterocycles. The van der Waals surface area contributed by atoms with Crippen molar-refractivity contribution in [1.29, 1.82) is 0 Å². The maximum absolute atomic E-state index is 12.0.